The van der Waals surface area contributed by atoms with Crippen LogP contribution in [0.15, 0.2) is 164 Å². The zero-order valence-corrected chi connectivity index (χ0v) is 26.5. The molecule has 3 aromatic heterocycles. The first-order valence-corrected chi connectivity index (χ1v) is 16.8. The van der Waals surface area contributed by atoms with E-state index in [4.69, 9.17) is 9.97 Å². The van der Waals surface area contributed by atoms with Crippen molar-refractivity contribution in [2.45, 2.75) is 5.92 Å². The lowest BCUT2D eigenvalue weighted by Gasteiger charge is -2.15. The van der Waals surface area contributed by atoms with Gasteiger partial charge in [0.2, 0.25) is 5.95 Å². The van der Waals surface area contributed by atoms with Gasteiger partial charge in [-0.15, -0.1) is 0 Å². The molecule has 0 amide bonds. The van der Waals surface area contributed by atoms with Gasteiger partial charge >= 0.3 is 0 Å². The van der Waals surface area contributed by atoms with Crippen LogP contribution < -0.4 is 0 Å². The van der Waals surface area contributed by atoms with Gasteiger partial charge in [0, 0.05) is 22.1 Å². The first kappa shape index (κ1) is 26.5. The molecule has 11 rings (SSSR count). The largest absolute Gasteiger partial charge is 0.279 e. The summed E-state index contributed by atoms with van der Waals surface area (Å²) in [6.45, 7) is 0. The molecule has 0 saturated heterocycles. The summed E-state index contributed by atoms with van der Waals surface area (Å²) >= 11 is 0. The molecule has 10 aromatic rings. The lowest BCUT2D eigenvalue weighted by Crippen LogP contribution is -2.06. The molecule has 49 heavy (non-hydrogen) atoms. The molecule has 7 aromatic carbocycles. The van der Waals surface area contributed by atoms with E-state index in [-0.39, 0.29) is 5.92 Å². The van der Waals surface area contributed by atoms with Gasteiger partial charge in [0.1, 0.15) is 5.65 Å². The molecule has 0 fully saturated rings. The van der Waals surface area contributed by atoms with Gasteiger partial charge in [0.15, 0.2) is 0 Å². The second-order valence-electron chi connectivity index (χ2n) is 13.0. The van der Waals surface area contributed by atoms with E-state index >= 15 is 0 Å². The molecule has 0 saturated carbocycles. The molecule has 0 spiro atoms. The molecule has 0 unspecified atom stereocenters. The molecule has 0 radical (unpaired) electrons. The summed E-state index contributed by atoms with van der Waals surface area (Å²) in [6.07, 6.45) is 0. The van der Waals surface area contributed by atoms with Gasteiger partial charge in [-0.3, -0.25) is 8.97 Å². The topological polar surface area (TPSA) is 35.1 Å². The molecule has 0 bridgehead atoms. The van der Waals surface area contributed by atoms with Crippen LogP contribution in [0.3, 0.4) is 0 Å². The zero-order valence-electron chi connectivity index (χ0n) is 26.5. The minimum absolute atomic E-state index is 0.234. The number of fused-ring (bicyclic) bond motifs is 11. The van der Waals surface area contributed by atoms with Gasteiger partial charge < -0.3 is 0 Å². The third-order valence-corrected chi connectivity index (χ3v) is 10.4. The molecule has 0 N–H and O–H groups in total. The van der Waals surface area contributed by atoms with Crippen LogP contribution in [0.5, 0.6) is 0 Å². The highest BCUT2D eigenvalue weighted by Gasteiger charge is 2.29. The number of benzene rings is 7. The smallest absolute Gasteiger partial charge is 0.221 e. The Morgan fingerprint density at radius 3 is 1.80 bits per heavy atom. The van der Waals surface area contributed by atoms with Crippen molar-refractivity contribution in [3.8, 4) is 28.2 Å². The van der Waals surface area contributed by atoms with E-state index < -0.39 is 0 Å². The van der Waals surface area contributed by atoms with Gasteiger partial charge in [0.05, 0.1) is 27.6 Å². The number of aromatic nitrogens is 4. The summed E-state index contributed by atoms with van der Waals surface area (Å²) < 4.78 is 4.55. The fourth-order valence-electron chi connectivity index (χ4n) is 8.23. The predicted molar refractivity (Wildman–Crippen MR) is 201 cm³/mol. The zero-order chi connectivity index (χ0) is 32.1. The van der Waals surface area contributed by atoms with E-state index in [0.29, 0.717) is 0 Å². The van der Waals surface area contributed by atoms with Crippen LogP contribution in [0.2, 0.25) is 0 Å². The third-order valence-electron chi connectivity index (χ3n) is 10.4. The highest BCUT2D eigenvalue weighted by atomic mass is 15.2. The Balaban J connectivity index is 1.12. The fraction of sp³-hybridized carbons (Fsp3) is 0.0222. The van der Waals surface area contributed by atoms with Crippen LogP contribution in [-0.2, 0) is 0 Å². The molecular formula is C45H28N4. The van der Waals surface area contributed by atoms with Crippen molar-refractivity contribution < 1.29 is 0 Å². The molecule has 1 aliphatic rings. The van der Waals surface area contributed by atoms with Crippen LogP contribution in [0, 0.1) is 0 Å². The molecule has 228 valence electrons. The van der Waals surface area contributed by atoms with Crippen LogP contribution in [0.25, 0.3) is 77.6 Å². The normalized spacial score (nSPS) is 12.8. The van der Waals surface area contributed by atoms with E-state index in [0.717, 1.165) is 44.6 Å². The van der Waals surface area contributed by atoms with Crippen LogP contribution in [0.4, 0.5) is 0 Å². The Bertz CT molecular complexity index is 2900. The number of para-hydroxylation sites is 4. The summed E-state index contributed by atoms with van der Waals surface area (Å²) in [5.74, 6) is 1.07. The van der Waals surface area contributed by atoms with Crippen LogP contribution in [0.1, 0.15) is 22.6 Å². The molecule has 4 nitrogen and oxygen atoms in total. The van der Waals surface area contributed by atoms with Gasteiger partial charge in [-0.2, -0.15) is 0 Å². The number of rotatable bonds is 3. The van der Waals surface area contributed by atoms with Crippen LogP contribution in [-0.4, -0.2) is 18.9 Å². The van der Waals surface area contributed by atoms with Gasteiger partial charge in [-0.25, -0.2) is 9.97 Å². The third kappa shape index (κ3) is 3.74. The van der Waals surface area contributed by atoms with Gasteiger partial charge in [0.25, 0.3) is 0 Å². The van der Waals surface area contributed by atoms with Gasteiger partial charge in [-0.05, 0) is 75.3 Å². The average Bonchev–Trinajstić information content (AvgIpc) is 3.83. The Morgan fingerprint density at radius 2 is 1.02 bits per heavy atom. The minimum atomic E-state index is 0.234. The maximum Gasteiger partial charge on any atom is 0.221 e. The predicted octanol–water partition coefficient (Wildman–Crippen LogP) is 11.0. The summed E-state index contributed by atoms with van der Waals surface area (Å²) in [4.78, 5) is 10.5. The van der Waals surface area contributed by atoms with E-state index in [1.807, 2.05) is 6.07 Å². The fourth-order valence-corrected chi connectivity index (χ4v) is 8.23. The number of imidazole rings is 1. The molecule has 0 atom stereocenters. The minimum Gasteiger partial charge on any atom is -0.279 e. The summed E-state index contributed by atoms with van der Waals surface area (Å²) in [5, 5.41) is 3.43. The SMILES string of the molecule is c1ccc2c(c1)-c1ccccc1C2c1ccc(-c2ccc3c4ccccc4n(-c4nc5ccccc5c5nc6ccccc6n45)c3c2)cc1. The summed E-state index contributed by atoms with van der Waals surface area (Å²) in [7, 11) is 0. The van der Waals surface area contributed by atoms with Crippen molar-refractivity contribution in [2.24, 2.45) is 0 Å². The second-order valence-corrected chi connectivity index (χ2v) is 13.0. The van der Waals surface area contributed by atoms with E-state index in [9.17, 15) is 0 Å². The highest BCUT2D eigenvalue weighted by Crippen LogP contribution is 2.48. The van der Waals surface area contributed by atoms with E-state index in [2.05, 4.69) is 167 Å². The lowest BCUT2D eigenvalue weighted by atomic mass is 9.88. The van der Waals surface area contributed by atoms with Crippen molar-refractivity contribution in [1.82, 2.24) is 18.9 Å². The second kappa shape index (κ2) is 9.99. The standard InChI is InChI=1S/C45H28N4/c1-3-14-35-31(11-1)32-12-2-4-15-36(32)43(35)29-23-21-28(22-24-29)30-25-26-34-33-13-6-9-19-40(33)48(42(34)27-30)45-47-38-17-7-5-16-37(38)44-46-39-18-8-10-20-41(39)49(44)45/h1-27,43H. The quantitative estimate of drug-likeness (QED) is 0.196. The van der Waals surface area contributed by atoms with Crippen molar-refractivity contribution >= 4 is 49.4 Å². The number of nitrogens with zero attached hydrogens (tertiary/aromatic N) is 4. The molecule has 4 heteroatoms. The summed E-state index contributed by atoms with van der Waals surface area (Å²) in [5.41, 5.74) is 15.2. The Kier molecular flexibility index (Phi) is 5.41. The maximum absolute atomic E-state index is 5.35. The Morgan fingerprint density at radius 1 is 0.429 bits per heavy atom. The van der Waals surface area contributed by atoms with Crippen molar-refractivity contribution in [2.75, 3.05) is 0 Å². The van der Waals surface area contributed by atoms with Crippen LogP contribution >= 0.6 is 0 Å². The number of hydrogen-bond donors (Lipinski definition) is 0. The number of hydrogen-bond acceptors (Lipinski definition) is 2. The monoisotopic (exact) mass is 624 g/mol. The highest BCUT2D eigenvalue weighted by molar-refractivity contribution is 6.10. The Hall–Kier alpha value is -6.52. The first-order chi connectivity index (χ1) is 24.3. The van der Waals surface area contributed by atoms with E-state index in [1.165, 1.54) is 49.7 Å². The maximum atomic E-state index is 5.35. The molecular weight excluding hydrogens is 597 g/mol. The van der Waals surface area contributed by atoms with Crippen molar-refractivity contribution in [3.63, 3.8) is 0 Å². The van der Waals surface area contributed by atoms with E-state index in [1.54, 1.807) is 0 Å². The average molecular weight is 625 g/mol. The van der Waals surface area contributed by atoms with Crippen molar-refractivity contribution in [3.05, 3.63) is 180 Å². The lowest BCUT2D eigenvalue weighted by molar-refractivity contribution is 0.979. The molecule has 1 aliphatic carbocycles. The molecule has 0 aliphatic heterocycles. The van der Waals surface area contributed by atoms with Gasteiger partial charge in [-0.1, -0.05) is 127 Å². The molecule has 3 heterocycles. The van der Waals surface area contributed by atoms with Crippen molar-refractivity contribution in [1.29, 1.82) is 0 Å². The Labute approximate surface area is 282 Å². The first-order valence-electron chi connectivity index (χ1n) is 16.8. The summed E-state index contributed by atoms with van der Waals surface area (Å²) in [6, 6.07) is 59.0.